The van der Waals surface area contributed by atoms with Crippen LogP contribution in [0, 0.1) is 0 Å². The first-order valence-corrected chi connectivity index (χ1v) is 6.55. The Labute approximate surface area is 125 Å². The van der Waals surface area contributed by atoms with E-state index in [1.165, 1.54) is 6.07 Å². The lowest BCUT2D eigenvalue weighted by Gasteiger charge is -2.10. The zero-order chi connectivity index (χ0) is 13.8. The molecular formula is C14H9Cl3O2. The maximum absolute atomic E-state index is 11.0. The molecule has 2 rings (SSSR count). The van der Waals surface area contributed by atoms with E-state index in [0.29, 0.717) is 34.3 Å². The quantitative estimate of drug-likeness (QED) is 0.739. The van der Waals surface area contributed by atoms with Crippen molar-refractivity contribution >= 4 is 41.1 Å². The van der Waals surface area contributed by atoms with Crippen molar-refractivity contribution in [2.24, 2.45) is 0 Å². The molecule has 0 bridgehead atoms. The Balaban J connectivity index is 2.19. The summed E-state index contributed by atoms with van der Waals surface area (Å²) < 4.78 is 5.57. The summed E-state index contributed by atoms with van der Waals surface area (Å²) in [6.45, 7) is 0.300. The largest absolute Gasteiger partial charge is 0.488 e. The number of hydrogen-bond acceptors (Lipinski definition) is 2. The molecule has 0 aliphatic rings. The van der Waals surface area contributed by atoms with Gasteiger partial charge >= 0.3 is 0 Å². The summed E-state index contributed by atoms with van der Waals surface area (Å²) >= 11 is 17.6. The van der Waals surface area contributed by atoms with E-state index >= 15 is 0 Å². The van der Waals surface area contributed by atoms with Crippen LogP contribution in [0.4, 0.5) is 0 Å². The Morgan fingerprint density at radius 1 is 1.00 bits per heavy atom. The molecule has 98 valence electrons. The number of rotatable bonds is 4. The van der Waals surface area contributed by atoms with E-state index < -0.39 is 0 Å². The topological polar surface area (TPSA) is 26.3 Å². The minimum atomic E-state index is 0.272. The molecule has 0 spiro atoms. The molecule has 0 aliphatic carbocycles. The van der Waals surface area contributed by atoms with Crippen LogP contribution in [0.1, 0.15) is 15.9 Å². The number of hydrogen-bond donors (Lipinski definition) is 0. The Bertz CT molecular complexity index is 594. The molecule has 0 aliphatic heterocycles. The van der Waals surface area contributed by atoms with Crippen LogP contribution < -0.4 is 4.74 Å². The number of carbonyl (C=O) groups is 1. The fourth-order valence-electron chi connectivity index (χ4n) is 1.54. The third kappa shape index (κ3) is 3.63. The third-order valence-corrected chi connectivity index (χ3v) is 3.26. The van der Waals surface area contributed by atoms with Gasteiger partial charge in [0.1, 0.15) is 12.4 Å². The van der Waals surface area contributed by atoms with E-state index in [9.17, 15) is 4.79 Å². The van der Waals surface area contributed by atoms with Gasteiger partial charge in [-0.2, -0.15) is 0 Å². The fraction of sp³-hybridized carbons (Fsp3) is 0.0714. The Morgan fingerprint density at radius 2 is 1.68 bits per heavy atom. The average molecular weight is 316 g/mol. The Kier molecular flexibility index (Phi) is 4.70. The molecule has 19 heavy (non-hydrogen) atoms. The molecule has 2 nitrogen and oxygen atoms in total. The molecule has 0 atom stereocenters. The van der Waals surface area contributed by atoms with Crippen molar-refractivity contribution in [2.75, 3.05) is 0 Å². The predicted molar refractivity (Wildman–Crippen MR) is 77.6 cm³/mol. The molecule has 0 saturated heterocycles. The summed E-state index contributed by atoms with van der Waals surface area (Å²) in [6.07, 6.45) is 0.649. The summed E-state index contributed by atoms with van der Waals surface area (Å²) in [7, 11) is 0. The molecule has 5 heteroatoms. The summed E-state index contributed by atoms with van der Waals surface area (Å²) in [6, 6.07) is 10.3. The van der Waals surface area contributed by atoms with Crippen molar-refractivity contribution in [3.8, 4) is 5.75 Å². The summed E-state index contributed by atoms with van der Waals surface area (Å²) in [5, 5.41) is 1.35. The number of benzene rings is 2. The molecule has 0 aromatic heterocycles. The van der Waals surface area contributed by atoms with E-state index in [2.05, 4.69) is 0 Å². The van der Waals surface area contributed by atoms with Gasteiger partial charge in [0, 0.05) is 10.0 Å². The number of ether oxygens (including phenoxy) is 1. The second-order valence-corrected chi connectivity index (χ2v) is 5.11. The second-order valence-electron chi connectivity index (χ2n) is 3.83. The predicted octanol–water partition coefficient (Wildman–Crippen LogP) is 5.04. The zero-order valence-electron chi connectivity index (χ0n) is 9.70. The SMILES string of the molecule is O=Cc1c(Cl)cc(Cl)cc1OCc1ccc(Cl)cc1. The summed E-state index contributed by atoms with van der Waals surface area (Å²) in [5.41, 5.74) is 1.22. The third-order valence-electron chi connectivity index (χ3n) is 2.48. The van der Waals surface area contributed by atoms with Gasteiger partial charge in [0.05, 0.1) is 10.6 Å². The van der Waals surface area contributed by atoms with E-state index in [-0.39, 0.29) is 5.02 Å². The van der Waals surface area contributed by atoms with E-state index in [0.717, 1.165) is 5.56 Å². The normalized spacial score (nSPS) is 10.3. The van der Waals surface area contributed by atoms with Gasteiger partial charge in [-0.05, 0) is 29.8 Å². The highest BCUT2D eigenvalue weighted by atomic mass is 35.5. The van der Waals surface area contributed by atoms with E-state index in [1.807, 2.05) is 12.1 Å². The second kappa shape index (κ2) is 6.29. The van der Waals surface area contributed by atoms with Gasteiger partial charge in [-0.25, -0.2) is 0 Å². The molecule has 2 aromatic carbocycles. The fourth-order valence-corrected chi connectivity index (χ4v) is 2.18. The molecule has 0 N–H and O–H groups in total. The molecule has 0 saturated carbocycles. The minimum Gasteiger partial charge on any atom is -0.488 e. The highest BCUT2D eigenvalue weighted by Crippen LogP contribution is 2.30. The van der Waals surface area contributed by atoms with Crippen molar-refractivity contribution in [1.29, 1.82) is 0 Å². The smallest absolute Gasteiger partial charge is 0.155 e. The van der Waals surface area contributed by atoms with Crippen molar-refractivity contribution < 1.29 is 9.53 Å². The first-order valence-electron chi connectivity index (χ1n) is 5.41. The highest BCUT2D eigenvalue weighted by Gasteiger charge is 2.10. The van der Waals surface area contributed by atoms with Gasteiger partial charge in [0.15, 0.2) is 6.29 Å². The Hall–Kier alpha value is -1.22. The molecular weight excluding hydrogens is 307 g/mol. The van der Waals surface area contributed by atoms with Crippen LogP contribution in [-0.2, 0) is 6.61 Å². The Morgan fingerprint density at radius 3 is 2.32 bits per heavy atom. The number of carbonyl (C=O) groups excluding carboxylic acids is 1. The molecule has 0 fully saturated rings. The summed E-state index contributed by atoms with van der Waals surface area (Å²) in [4.78, 5) is 11.0. The van der Waals surface area contributed by atoms with Gasteiger partial charge < -0.3 is 4.74 Å². The van der Waals surface area contributed by atoms with Gasteiger partial charge in [-0.15, -0.1) is 0 Å². The zero-order valence-corrected chi connectivity index (χ0v) is 12.0. The molecule has 2 aromatic rings. The van der Waals surface area contributed by atoms with Gasteiger partial charge in [-0.1, -0.05) is 46.9 Å². The van der Waals surface area contributed by atoms with Crippen molar-refractivity contribution in [2.45, 2.75) is 6.61 Å². The van der Waals surface area contributed by atoms with E-state index in [4.69, 9.17) is 39.5 Å². The first-order chi connectivity index (χ1) is 9.10. The molecule has 0 heterocycles. The standard InChI is InChI=1S/C14H9Cl3O2/c15-10-3-1-9(2-4-10)8-19-14-6-11(16)5-13(17)12(14)7-18/h1-7H,8H2. The van der Waals surface area contributed by atoms with Crippen LogP contribution in [0.3, 0.4) is 0 Å². The first kappa shape index (κ1) is 14.2. The lowest BCUT2D eigenvalue weighted by Crippen LogP contribution is -1.99. The van der Waals surface area contributed by atoms with Crippen LogP contribution >= 0.6 is 34.8 Å². The highest BCUT2D eigenvalue weighted by molar-refractivity contribution is 6.36. The number of halogens is 3. The molecule has 0 unspecified atom stereocenters. The average Bonchev–Trinajstić information content (AvgIpc) is 2.37. The van der Waals surface area contributed by atoms with Crippen molar-refractivity contribution in [3.05, 3.63) is 62.6 Å². The lowest BCUT2D eigenvalue weighted by molar-refractivity contribution is 0.111. The van der Waals surface area contributed by atoms with Crippen LogP contribution in [0.5, 0.6) is 5.75 Å². The monoisotopic (exact) mass is 314 g/mol. The van der Waals surface area contributed by atoms with Crippen LogP contribution in [-0.4, -0.2) is 6.29 Å². The van der Waals surface area contributed by atoms with Crippen LogP contribution in [0.2, 0.25) is 15.1 Å². The van der Waals surface area contributed by atoms with E-state index in [1.54, 1.807) is 18.2 Å². The van der Waals surface area contributed by atoms with Gasteiger partial charge in [0.25, 0.3) is 0 Å². The molecule has 0 amide bonds. The van der Waals surface area contributed by atoms with Crippen LogP contribution in [0.15, 0.2) is 36.4 Å². The minimum absolute atomic E-state index is 0.272. The maximum atomic E-state index is 11.0. The van der Waals surface area contributed by atoms with Crippen LogP contribution in [0.25, 0.3) is 0 Å². The lowest BCUT2D eigenvalue weighted by atomic mass is 10.2. The summed E-state index contributed by atoms with van der Waals surface area (Å²) in [5.74, 6) is 0.363. The van der Waals surface area contributed by atoms with Crippen molar-refractivity contribution in [1.82, 2.24) is 0 Å². The van der Waals surface area contributed by atoms with Gasteiger partial charge in [0.2, 0.25) is 0 Å². The number of aldehydes is 1. The van der Waals surface area contributed by atoms with Gasteiger partial charge in [-0.3, -0.25) is 4.79 Å². The molecule has 0 radical (unpaired) electrons. The van der Waals surface area contributed by atoms with Crippen molar-refractivity contribution in [3.63, 3.8) is 0 Å². The maximum Gasteiger partial charge on any atom is 0.155 e.